The monoisotopic (exact) mass is 145 g/mol. The van der Waals surface area contributed by atoms with Gasteiger partial charge in [-0.05, 0) is 12.1 Å². The van der Waals surface area contributed by atoms with Gasteiger partial charge in [0.1, 0.15) is 0 Å². The molecule has 4 nitrogen and oxygen atoms in total. The van der Waals surface area contributed by atoms with Gasteiger partial charge in [-0.15, -0.1) is 0 Å². The number of rotatable bonds is 2. The van der Waals surface area contributed by atoms with Gasteiger partial charge in [-0.3, -0.25) is 4.79 Å². The molecule has 1 heterocycles. The first kappa shape index (κ1) is 10.1. The van der Waals surface area contributed by atoms with Crippen molar-refractivity contribution in [3.63, 3.8) is 0 Å². The van der Waals surface area contributed by atoms with E-state index in [2.05, 4.69) is 10.2 Å². The second-order valence-electron chi connectivity index (χ2n) is 1.79. The predicted octanol–water partition coefficient (Wildman–Crippen LogP) is -2.89. The predicted molar refractivity (Wildman–Crippen MR) is 33.4 cm³/mol. The number of hydrogen-bond donors (Lipinski definition) is 1. The second-order valence-corrected chi connectivity index (χ2v) is 1.79. The van der Waals surface area contributed by atoms with Crippen molar-refractivity contribution in [2.24, 2.45) is 0 Å². The van der Waals surface area contributed by atoms with Gasteiger partial charge in [0.05, 0.1) is 12.1 Å². The smallest absolute Gasteiger partial charge is 0.481 e. The van der Waals surface area contributed by atoms with E-state index >= 15 is 0 Å². The van der Waals surface area contributed by atoms with Crippen LogP contribution in [-0.4, -0.2) is 21.3 Å². The van der Waals surface area contributed by atoms with Gasteiger partial charge in [-0.25, -0.2) is 0 Å². The van der Waals surface area contributed by atoms with Crippen LogP contribution in [0, 0.1) is 0 Å². The third-order valence-corrected chi connectivity index (χ3v) is 0.960. The maximum absolute atomic E-state index is 10.1. The summed E-state index contributed by atoms with van der Waals surface area (Å²) in [6.07, 6.45) is 1.44. The average Bonchev–Trinajstić information content (AvgIpc) is 1.88. The SMILES string of the molecule is O=C(O)Cc1cccnn1.[Li+]. The summed E-state index contributed by atoms with van der Waals surface area (Å²) in [6, 6.07) is 3.28. The molecule has 1 N–H and O–H groups in total. The van der Waals surface area contributed by atoms with Crippen molar-refractivity contribution in [3.05, 3.63) is 24.0 Å². The molecule has 0 aliphatic heterocycles. The van der Waals surface area contributed by atoms with Crippen LogP contribution in [-0.2, 0) is 11.2 Å². The van der Waals surface area contributed by atoms with Gasteiger partial charge in [0, 0.05) is 6.20 Å². The van der Waals surface area contributed by atoms with Crippen LogP contribution in [0.2, 0.25) is 0 Å². The van der Waals surface area contributed by atoms with Gasteiger partial charge < -0.3 is 5.11 Å². The Morgan fingerprint density at radius 3 is 2.82 bits per heavy atom. The molecule has 0 bridgehead atoms. The van der Waals surface area contributed by atoms with E-state index in [0.29, 0.717) is 5.69 Å². The van der Waals surface area contributed by atoms with Crippen molar-refractivity contribution in [2.75, 3.05) is 0 Å². The van der Waals surface area contributed by atoms with Crippen molar-refractivity contribution in [3.8, 4) is 0 Å². The third-order valence-electron chi connectivity index (χ3n) is 0.960. The molecule has 52 valence electrons. The van der Waals surface area contributed by atoms with Crippen molar-refractivity contribution in [1.82, 2.24) is 10.2 Å². The largest absolute Gasteiger partial charge is 1.00 e. The van der Waals surface area contributed by atoms with Gasteiger partial charge >= 0.3 is 24.8 Å². The molecule has 11 heavy (non-hydrogen) atoms. The summed E-state index contributed by atoms with van der Waals surface area (Å²) < 4.78 is 0. The molecule has 0 spiro atoms. The molecule has 0 aliphatic rings. The Labute approximate surface area is 75.8 Å². The quantitative estimate of drug-likeness (QED) is 0.454. The van der Waals surface area contributed by atoms with Crippen LogP contribution in [0.1, 0.15) is 5.69 Å². The number of aliphatic carboxylic acids is 1. The van der Waals surface area contributed by atoms with Crippen molar-refractivity contribution >= 4 is 5.97 Å². The number of aromatic nitrogens is 2. The van der Waals surface area contributed by atoms with Crippen molar-refractivity contribution in [2.45, 2.75) is 6.42 Å². The van der Waals surface area contributed by atoms with Gasteiger partial charge in [-0.2, -0.15) is 10.2 Å². The van der Waals surface area contributed by atoms with Crippen LogP contribution in [0.3, 0.4) is 0 Å². The van der Waals surface area contributed by atoms with E-state index in [9.17, 15) is 4.79 Å². The molecular weight excluding hydrogens is 139 g/mol. The normalized spacial score (nSPS) is 8.36. The summed E-state index contributed by atoms with van der Waals surface area (Å²) in [4.78, 5) is 10.1. The molecule has 0 saturated heterocycles. The molecule has 1 aromatic rings. The number of nitrogens with zero attached hydrogens (tertiary/aromatic N) is 2. The average molecular weight is 145 g/mol. The summed E-state index contributed by atoms with van der Waals surface area (Å²) in [5, 5.41) is 15.4. The number of carbonyl (C=O) groups is 1. The summed E-state index contributed by atoms with van der Waals surface area (Å²) in [7, 11) is 0. The molecule has 1 rings (SSSR count). The first-order valence-corrected chi connectivity index (χ1v) is 2.77. The molecule has 0 aromatic carbocycles. The van der Waals surface area contributed by atoms with Crippen LogP contribution in [0.4, 0.5) is 0 Å². The van der Waals surface area contributed by atoms with E-state index in [4.69, 9.17) is 5.11 Å². The molecule has 0 atom stereocenters. The van der Waals surface area contributed by atoms with E-state index in [1.165, 1.54) is 6.20 Å². The van der Waals surface area contributed by atoms with Crippen LogP contribution < -0.4 is 18.9 Å². The molecule has 0 aliphatic carbocycles. The molecule has 0 unspecified atom stereocenters. The zero-order chi connectivity index (χ0) is 7.40. The molecule has 5 heteroatoms. The van der Waals surface area contributed by atoms with E-state index in [1.807, 2.05) is 0 Å². The molecule has 0 saturated carbocycles. The fourth-order valence-electron chi connectivity index (χ4n) is 0.583. The zero-order valence-corrected chi connectivity index (χ0v) is 6.19. The number of hydrogen-bond acceptors (Lipinski definition) is 3. The van der Waals surface area contributed by atoms with E-state index < -0.39 is 5.97 Å². The van der Waals surface area contributed by atoms with Gasteiger partial charge in [0.2, 0.25) is 0 Å². The number of carboxylic acid groups (broad SMARTS) is 1. The second kappa shape index (κ2) is 4.89. The van der Waals surface area contributed by atoms with Crippen molar-refractivity contribution < 1.29 is 28.8 Å². The maximum Gasteiger partial charge on any atom is 1.00 e. The van der Waals surface area contributed by atoms with Crippen molar-refractivity contribution in [1.29, 1.82) is 0 Å². The minimum Gasteiger partial charge on any atom is -0.481 e. The molecule has 0 radical (unpaired) electrons. The number of carboxylic acids is 1. The summed E-state index contributed by atoms with van der Waals surface area (Å²) in [6.45, 7) is 0. The first-order valence-electron chi connectivity index (χ1n) is 2.77. The Bertz CT molecular complexity index is 227. The minimum absolute atomic E-state index is 0. The molecule has 0 fully saturated rings. The molecule has 1 aromatic heterocycles. The van der Waals surface area contributed by atoms with Crippen LogP contribution in [0.15, 0.2) is 18.3 Å². The summed E-state index contributed by atoms with van der Waals surface area (Å²) in [5.41, 5.74) is 0.481. The standard InChI is InChI=1S/C6H6N2O2.Li/c9-6(10)4-5-2-1-3-7-8-5;/h1-3H,4H2,(H,9,10);/q;+1. The Morgan fingerprint density at radius 1 is 1.64 bits per heavy atom. The molecule has 0 amide bonds. The van der Waals surface area contributed by atoms with Gasteiger partial charge in [-0.1, -0.05) is 0 Å². The zero-order valence-electron chi connectivity index (χ0n) is 6.19. The fourth-order valence-corrected chi connectivity index (χ4v) is 0.583. The Kier molecular flexibility index (Phi) is 4.51. The minimum atomic E-state index is -0.888. The Morgan fingerprint density at radius 2 is 2.36 bits per heavy atom. The van der Waals surface area contributed by atoms with Gasteiger partial charge in [0.15, 0.2) is 0 Å². The van der Waals surface area contributed by atoms with E-state index in [0.717, 1.165) is 0 Å². The fraction of sp³-hybridized carbons (Fsp3) is 0.167. The van der Waals surface area contributed by atoms with Crippen LogP contribution in [0.5, 0.6) is 0 Å². The Balaban J connectivity index is 0.000001000. The van der Waals surface area contributed by atoms with E-state index in [1.54, 1.807) is 12.1 Å². The maximum atomic E-state index is 10.1. The third kappa shape index (κ3) is 3.76. The Hall–Kier alpha value is -0.853. The topological polar surface area (TPSA) is 63.1 Å². The van der Waals surface area contributed by atoms with Gasteiger partial charge in [0.25, 0.3) is 0 Å². The molecular formula is C6H6LiN2O2+. The summed E-state index contributed by atoms with van der Waals surface area (Å²) in [5.74, 6) is -0.888. The van der Waals surface area contributed by atoms with E-state index in [-0.39, 0.29) is 25.3 Å². The summed E-state index contributed by atoms with van der Waals surface area (Å²) >= 11 is 0. The first-order chi connectivity index (χ1) is 4.79. The van der Waals surface area contributed by atoms with Crippen LogP contribution in [0.25, 0.3) is 0 Å². The van der Waals surface area contributed by atoms with Crippen LogP contribution >= 0.6 is 0 Å².